The molecule has 3 rings (SSSR count). The van der Waals surface area contributed by atoms with E-state index in [1.165, 1.54) is 24.1 Å². The summed E-state index contributed by atoms with van der Waals surface area (Å²) in [6.07, 6.45) is 0.275. The number of methoxy groups -OCH3 is 1. The third kappa shape index (κ3) is 7.96. The van der Waals surface area contributed by atoms with Crippen LogP contribution in [0.25, 0.3) is 0 Å². The average Bonchev–Trinajstić information content (AvgIpc) is 2.96. The molecule has 0 aromatic heterocycles. The van der Waals surface area contributed by atoms with Gasteiger partial charge in [-0.2, -0.15) is 0 Å². The lowest BCUT2D eigenvalue weighted by Gasteiger charge is -2.34. The molecule has 8 nitrogen and oxygen atoms in total. The molecule has 2 amide bonds. The SMILES string of the molecule is CCC(C(=O)NCC(C)C)N(Cc1c(Cl)cccc1Cl)C(=O)CN(c1ccccc1OC)S(=O)(=O)c1ccc(C)cc1. The summed E-state index contributed by atoms with van der Waals surface area (Å²) in [6.45, 7) is 7.28. The third-order valence-electron chi connectivity index (χ3n) is 6.70. The van der Waals surface area contributed by atoms with Gasteiger partial charge in [0.15, 0.2) is 0 Å². The maximum Gasteiger partial charge on any atom is 0.264 e. The number of nitrogens with zero attached hydrogens (tertiary/aromatic N) is 2. The molecule has 1 unspecified atom stereocenters. The summed E-state index contributed by atoms with van der Waals surface area (Å²) in [5.41, 5.74) is 1.52. The van der Waals surface area contributed by atoms with Crippen LogP contribution in [-0.4, -0.2) is 51.4 Å². The zero-order chi connectivity index (χ0) is 31.0. The number of hydrogen-bond donors (Lipinski definition) is 1. The smallest absolute Gasteiger partial charge is 0.264 e. The van der Waals surface area contributed by atoms with E-state index in [4.69, 9.17) is 27.9 Å². The van der Waals surface area contributed by atoms with E-state index in [2.05, 4.69) is 5.32 Å². The van der Waals surface area contributed by atoms with Crippen LogP contribution in [0.5, 0.6) is 5.75 Å². The second-order valence-corrected chi connectivity index (χ2v) is 13.0. The van der Waals surface area contributed by atoms with Crippen molar-refractivity contribution in [2.24, 2.45) is 5.92 Å². The highest BCUT2D eigenvalue weighted by atomic mass is 35.5. The third-order valence-corrected chi connectivity index (χ3v) is 9.18. The molecule has 0 spiro atoms. The first-order chi connectivity index (χ1) is 19.9. The van der Waals surface area contributed by atoms with Gasteiger partial charge in [0.05, 0.1) is 17.7 Å². The Morgan fingerprint density at radius 1 is 0.952 bits per heavy atom. The minimum absolute atomic E-state index is 0.00854. The van der Waals surface area contributed by atoms with Crippen LogP contribution in [0.4, 0.5) is 5.69 Å². The van der Waals surface area contributed by atoms with Crippen LogP contribution in [0.1, 0.15) is 38.3 Å². The number of amides is 2. The molecule has 3 aromatic rings. The molecular weight excluding hydrogens is 597 g/mol. The molecule has 0 bridgehead atoms. The van der Waals surface area contributed by atoms with Gasteiger partial charge in [-0.05, 0) is 55.7 Å². The summed E-state index contributed by atoms with van der Waals surface area (Å²) in [4.78, 5) is 29.0. The molecule has 0 heterocycles. The molecule has 0 aliphatic carbocycles. The van der Waals surface area contributed by atoms with Gasteiger partial charge in [-0.1, -0.05) is 79.9 Å². The lowest BCUT2D eigenvalue weighted by Crippen LogP contribution is -2.52. The van der Waals surface area contributed by atoms with Crippen molar-refractivity contribution in [1.29, 1.82) is 0 Å². The molecule has 226 valence electrons. The maximum absolute atomic E-state index is 14.2. The zero-order valence-corrected chi connectivity index (χ0v) is 26.8. The van der Waals surface area contributed by atoms with E-state index < -0.39 is 28.5 Å². The normalized spacial score (nSPS) is 12.1. The Hall–Kier alpha value is -3.27. The molecule has 0 radical (unpaired) electrons. The first-order valence-corrected chi connectivity index (χ1v) is 15.8. The van der Waals surface area contributed by atoms with Crippen molar-refractivity contribution >= 4 is 50.7 Å². The summed E-state index contributed by atoms with van der Waals surface area (Å²) in [7, 11) is -2.82. The molecule has 0 saturated heterocycles. The molecule has 0 saturated carbocycles. The van der Waals surface area contributed by atoms with Crippen LogP contribution in [-0.2, 0) is 26.2 Å². The van der Waals surface area contributed by atoms with Crippen LogP contribution in [0.15, 0.2) is 71.6 Å². The van der Waals surface area contributed by atoms with E-state index >= 15 is 0 Å². The van der Waals surface area contributed by atoms with E-state index in [9.17, 15) is 18.0 Å². The van der Waals surface area contributed by atoms with Crippen molar-refractivity contribution < 1.29 is 22.7 Å². The van der Waals surface area contributed by atoms with Gasteiger partial charge in [-0.25, -0.2) is 8.42 Å². The Balaban J connectivity index is 2.12. The Bertz CT molecular complexity index is 1480. The number of benzene rings is 3. The van der Waals surface area contributed by atoms with Crippen molar-refractivity contribution in [3.63, 3.8) is 0 Å². The highest BCUT2D eigenvalue weighted by molar-refractivity contribution is 7.92. The molecule has 3 aromatic carbocycles. The van der Waals surface area contributed by atoms with Crippen LogP contribution in [0.3, 0.4) is 0 Å². The van der Waals surface area contributed by atoms with Gasteiger partial charge < -0.3 is 15.0 Å². The topological polar surface area (TPSA) is 96.0 Å². The number of carbonyl (C=O) groups excluding carboxylic acids is 2. The fraction of sp³-hybridized carbons (Fsp3) is 0.355. The standard InChI is InChI=1S/C31H37Cl2N3O5S/c1-6-27(31(38)34-18-21(2)3)35(19-24-25(32)10-9-11-26(24)33)30(37)20-36(28-12-7-8-13-29(28)41-5)42(39,40)23-16-14-22(4)15-17-23/h7-17,21,27H,6,18-20H2,1-5H3,(H,34,38). The van der Waals surface area contributed by atoms with Gasteiger partial charge in [0.25, 0.3) is 10.0 Å². The molecule has 11 heteroatoms. The maximum atomic E-state index is 14.2. The van der Waals surface area contributed by atoms with Gasteiger partial charge in [-0.15, -0.1) is 0 Å². The van der Waals surface area contributed by atoms with Gasteiger partial charge in [0, 0.05) is 28.7 Å². The van der Waals surface area contributed by atoms with Gasteiger partial charge in [0.1, 0.15) is 18.3 Å². The first kappa shape index (κ1) is 33.2. The van der Waals surface area contributed by atoms with E-state index in [0.717, 1.165) is 9.87 Å². The fourth-order valence-electron chi connectivity index (χ4n) is 4.38. The fourth-order valence-corrected chi connectivity index (χ4v) is 6.32. The Morgan fingerprint density at radius 2 is 1.57 bits per heavy atom. The van der Waals surface area contributed by atoms with E-state index in [0.29, 0.717) is 22.2 Å². The Morgan fingerprint density at radius 3 is 2.14 bits per heavy atom. The molecule has 0 aliphatic rings. The van der Waals surface area contributed by atoms with E-state index in [1.807, 2.05) is 20.8 Å². The molecule has 0 fully saturated rings. The number of aryl methyl sites for hydroxylation is 1. The minimum Gasteiger partial charge on any atom is -0.495 e. The first-order valence-electron chi connectivity index (χ1n) is 13.6. The zero-order valence-electron chi connectivity index (χ0n) is 24.4. The van der Waals surface area contributed by atoms with Crippen LogP contribution < -0.4 is 14.4 Å². The number of halogens is 2. The summed E-state index contributed by atoms with van der Waals surface area (Å²) in [6, 6.07) is 17.0. The summed E-state index contributed by atoms with van der Waals surface area (Å²) in [5.74, 6) is -0.509. The Labute approximate surface area is 258 Å². The van der Waals surface area contributed by atoms with Crippen molar-refractivity contribution in [2.75, 3.05) is 24.5 Å². The number of carbonyl (C=O) groups is 2. The molecule has 0 aliphatic heterocycles. The average molecular weight is 635 g/mol. The predicted octanol–water partition coefficient (Wildman–Crippen LogP) is 6.09. The number of para-hydroxylation sites is 2. The van der Waals surface area contributed by atoms with Gasteiger partial charge in [0.2, 0.25) is 11.8 Å². The van der Waals surface area contributed by atoms with Crippen LogP contribution in [0.2, 0.25) is 10.0 Å². The lowest BCUT2D eigenvalue weighted by molar-refractivity contribution is -0.140. The lowest BCUT2D eigenvalue weighted by atomic mass is 10.1. The molecular formula is C31H37Cl2N3O5S. The highest BCUT2D eigenvalue weighted by Gasteiger charge is 2.35. The molecule has 1 N–H and O–H groups in total. The van der Waals surface area contributed by atoms with Crippen molar-refractivity contribution in [3.05, 3.63) is 87.9 Å². The number of rotatable bonds is 13. The number of ether oxygens (including phenoxy) is 1. The minimum atomic E-state index is -4.24. The second-order valence-electron chi connectivity index (χ2n) is 10.3. The number of sulfonamides is 1. The summed E-state index contributed by atoms with van der Waals surface area (Å²) < 4.78 is 34.6. The summed E-state index contributed by atoms with van der Waals surface area (Å²) >= 11 is 12.9. The predicted molar refractivity (Wildman–Crippen MR) is 168 cm³/mol. The number of anilines is 1. The second kappa shape index (κ2) is 14.8. The van der Waals surface area contributed by atoms with E-state index in [-0.39, 0.29) is 41.1 Å². The van der Waals surface area contributed by atoms with Crippen LogP contribution >= 0.6 is 23.2 Å². The Kier molecular flexibility index (Phi) is 11.7. The van der Waals surface area contributed by atoms with Crippen molar-refractivity contribution in [3.8, 4) is 5.75 Å². The number of nitrogens with one attached hydrogen (secondary N) is 1. The monoisotopic (exact) mass is 633 g/mol. The quantitative estimate of drug-likeness (QED) is 0.246. The summed E-state index contributed by atoms with van der Waals surface area (Å²) in [5, 5.41) is 3.55. The highest BCUT2D eigenvalue weighted by Crippen LogP contribution is 2.33. The van der Waals surface area contributed by atoms with Gasteiger partial charge >= 0.3 is 0 Å². The van der Waals surface area contributed by atoms with Crippen molar-refractivity contribution in [1.82, 2.24) is 10.2 Å². The van der Waals surface area contributed by atoms with E-state index in [1.54, 1.807) is 61.5 Å². The molecule has 42 heavy (non-hydrogen) atoms. The molecule has 1 atom stereocenters. The largest absolute Gasteiger partial charge is 0.495 e. The van der Waals surface area contributed by atoms with Crippen molar-refractivity contribution in [2.45, 2.75) is 51.6 Å². The van der Waals surface area contributed by atoms with Gasteiger partial charge in [-0.3, -0.25) is 13.9 Å². The number of hydrogen-bond acceptors (Lipinski definition) is 5. The van der Waals surface area contributed by atoms with Crippen LogP contribution in [0, 0.1) is 12.8 Å².